The predicted molar refractivity (Wildman–Crippen MR) is 110 cm³/mol. The quantitative estimate of drug-likeness (QED) is 0.194. The summed E-state index contributed by atoms with van der Waals surface area (Å²) in [6.45, 7) is 1.30. The molecule has 0 radical (unpaired) electrons. The number of oxazole rings is 1. The van der Waals surface area contributed by atoms with E-state index in [4.69, 9.17) is 21.6 Å². The standard InChI is InChI=1S/C21H20N4O7/c1-20(24)10-3-6-2-7-8(22)4-9-15(32-5-25-9)12(7)14(26)11(6)17(28)21(10,31)18(29)13(16(20)27)19(23)30/h4-6,10,26-27,31H,2-3,22,24H2,1H3,(H2,23,30)/t6-,10-,20?,21-/m0/s1. The van der Waals surface area contributed by atoms with Crippen molar-refractivity contribution >= 4 is 40.0 Å². The van der Waals surface area contributed by atoms with Gasteiger partial charge in [0.25, 0.3) is 5.91 Å². The van der Waals surface area contributed by atoms with Crippen LogP contribution in [-0.2, 0) is 20.8 Å². The molecule has 2 aromatic rings. The van der Waals surface area contributed by atoms with Gasteiger partial charge < -0.3 is 36.9 Å². The van der Waals surface area contributed by atoms with Gasteiger partial charge in [0.1, 0.15) is 22.6 Å². The molecule has 1 amide bonds. The Morgan fingerprint density at radius 2 is 1.97 bits per heavy atom. The Morgan fingerprint density at radius 3 is 2.62 bits per heavy atom. The average molecular weight is 440 g/mol. The second-order valence-electron chi connectivity index (χ2n) is 8.77. The summed E-state index contributed by atoms with van der Waals surface area (Å²) in [5.74, 6) is -7.00. The van der Waals surface area contributed by atoms with Crippen molar-refractivity contribution in [2.45, 2.75) is 30.9 Å². The number of benzene rings is 1. The number of ketones is 2. The lowest BCUT2D eigenvalue weighted by Crippen LogP contribution is -2.70. The number of Topliss-reactive ketones (excluding diaryl/α,β-unsaturated/α-hetero) is 2. The fraction of sp³-hybridized carbons (Fsp3) is 0.333. The number of hydrogen-bond donors (Lipinski definition) is 6. The second kappa shape index (κ2) is 5.96. The van der Waals surface area contributed by atoms with E-state index >= 15 is 0 Å². The Labute approximate surface area is 180 Å². The van der Waals surface area contributed by atoms with Gasteiger partial charge in [-0.05, 0) is 37.3 Å². The van der Waals surface area contributed by atoms with Crippen LogP contribution in [0.5, 0.6) is 0 Å². The third kappa shape index (κ3) is 2.16. The number of aliphatic hydroxyl groups excluding tert-OH is 2. The summed E-state index contributed by atoms with van der Waals surface area (Å²) in [7, 11) is 0. The summed E-state index contributed by atoms with van der Waals surface area (Å²) in [6.07, 6.45) is 1.30. The number of nitrogens with zero attached hydrogens (tertiary/aromatic N) is 1. The second-order valence-corrected chi connectivity index (χ2v) is 8.77. The van der Waals surface area contributed by atoms with Crippen molar-refractivity contribution in [3.8, 4) is 0 Å². The number of carbonyl (C=O) groups is 3. The number of anilines is 1. The lowest BCUT2D eigenvalue weighted by atomic mass is 9.54. The number of primary amides is 1. The molecule has 11 nitrogen and oxygen atoms in total. The number of nitrogen functional groups attached to an aromatic ring is 1. The van der Waals surface area contributed by atoms with Crippen LogP contribution in [0.2, 0.25) is 0 Å². The minimum atomic E-state index is -2.79. The molecule has 32 heavy (non-hydrogen) atoms. The zero-order valence-electron chi connectivity index (χ0n) is 16.9. The minimum Gasteiger partial charge on any atom is -0.509 e. The van der Waals surface area contributed by atoms with E-state index in [0.29, 0.717) is 16.8 Å². The number of hydrogen-bond acceptors (Lipinski definition) is 10. The first-order chi connectivity index (χ1) is 14.9. The maximum absolute atomic E-state index is 13.6. The highest BCUT2D eigenvalue weighted by Crippen LogP contribution is 2.53. The van der Waals surface area contributed by atoms with E-state index in [1.165, 1.54) is 6.92 Å². The molecule has 0 saturated heterocycles. The molecule has 3 aliphatic rings. The lowest BCUT2D eigenvalue weighted by Gasteiger charge is -2.51. The Morgan fingerprint density at radius 1 is 1.28 bits per heavy atom. The first-order valence-corrected chi connectivity index (χ1v) is 9.84. The molecule has 1 unspecified atom stereocenters. The zero-order valence-corrected chi connectivity index (χ0v) is 16.9. The predicted octanol–water partition coefficient (Wildman–Crippen LogP) is -0.231. The summed E-state index contributed by atoms with van der Waals surface area (Å²) in [6, 6.07) is 1.59. The Bertz CT molecular complexity index is 1340. The maximum atomic E-state index is 13.6. The number of amides is 1. The molecule has 0 bridgehead atoms. The number of aromatic nitrogens is 1. The molecule has 0 aliphatic heterocycles. The summed E-state index contributed by atoms with van der Waals surface area (Å²) >= 11 is 0. The molecule has 5 rings (SSSR count). The van der Waals surface area contributed by atoms with Gasteiger partial charge in [0.15, 0.2) is 17.6 Å². The van der Waals surface area contributed by atoms with Crippen LogP contribution in [0, 0.1) is 11.8 Å². The highest BCUT2D eigenvalue weighted by molar-refractivity contribution is 6.33. The normalized spacial score (nSPS) is 32.1. The van der Waals surface area contributed by atoms with Crippen LogP contribution >= 0.6 is 0 Å². The van der Waals surface area contributed by atoms with Crippen molar-refractivity contribution in [2.24, 2.45) is 23.3 Å². The fourth-order valence-electron chi connectivity index (χ4n) is 5.42. The van der Waals surface area contributed by atoms with E-state index in [1.807, 2.05) is 0 Å². The fourth-order valence-corrected chi connectivity index (χ4v) is 5.42. The van der Waals surface area contributed by atoms with Gasteiger partial charge in [-0.2, -0.15) is 0 Å². The molecule has 1 heterocycles. The van der Waals surface area contributed by atoms with Crippen LogP contribution < -0.4 is 17.2 Å². The van der Waals surface area contributed by atoms with Crippen LogP contribution in [0.25, 0.3) is 16.9 Å². The lowest BCUT2D eigenvalue weighted by molar-refractivity contribution is -0.162. The molecule has 1 aromatic heterocycles. The van der Waals surface area contributed by atoms with Crippen molar-refractivity contribution in [1.29, 1.82) is 0 Å². The first kappa shape index (κ1) is 20.2. The van der Waals surface area contributed by atoms with Crippen molar-refractivity contribution in [3.05, 3.63) is 40.5 Å². The minimum absolute atomic E-state index is 0.0518. The number of aliphatic hydroxyl groups is 3. The van der Waals surface area contributed by atoms with E-state index in [0.717, 1.165) is 6.39 Å². The van der Waals surface area contributed by atoms with Crippen molar-refractivity contribution in [1.82, 2.24) is 4.98 Å². The van der Waals surface area contributed by atoms with Gasteiger partial charge in [-0.15, -0.1) is 0 Å². The summed E-state index contributed by atoms with van der Waals surface area (Å²) < 4.78 is 5.38. The molecule has 166 valence electrons. The van der Waals surface area contributed by atoms with Crippen LogP contribution in [0.15, 0.2) is 33.8 Å². The maximum Gasteiger partial charge on any atom is 0.255 e. The number of carbonyl (C=O) groups excluding carboxylic acids is 3. The highest BCUT2D eigenvalue weighted by Gasteiger charge is 2.67. The smallest absolute Gasteiger partial charge is 0.255 e. The van der Waals surface area contributed by atoms with Gasteiger partial charge in [0.2, 0.25) is 11.6 Å². The molecule has 3 aliphatic carbocycles. The monoisotopic (exact) mass is 440 g/mol. The van der Waals surface area contributed by atoms with Crippen molar-refractivity contribution < 1.29 is 34.1 Å². The van der Waals surface area contributed by atoms with Crippen LogP contribution in [0.3, 0.4) is 0 Å². The third-order valence-corrected chi connectivity index (χ3v) is 7.02. The van der Waals surface area contributed by atoms with Gasteiger partial charge in [-0.3, -0.25) is 14.4 Å². The van der Waals surface area contributed by atoms with E-state index in [-0.39, 0.29) is 29.6 Å². The SMILES string of the molecule is CC1(N)C(O)=C(C(N)=O)C(=O)[C@@]2(O)C(=O)C3=C(O)c4c(c(N)cc5ncoc45)C[C@H]3C[C@@H]12. The molecular formula is C21H20N4O7. The molecule has 1 fully saturated rings. The number of fused-ring (bicyclic) bond motifs is 5. The van der Waals surface area contributed by atoms with Crippen molar-refractivity contribution in [3.63, 3.8) is 0 Å². The Balaban J connectivity index is 1.78. The molecule has 4 atom stereocenters. The topological polar surface area (TPSA) is 216 Å². The number of nitrogens with two attached hydrogens (primary N) is 3. The molecule has 1 saturated carbocycles. The van der Waals surface area contributed by atoms with E-state index in [9.17, 15) is 29.7 Å². The highest BCUT2D eigenvalue weighted by atomic mass is 16.3. The van der Waals surface area contributed by atoms with Crippen LogP contribution in [0.4, 0.5) is 5.69 Å². The van der Waals surface area contributed by atoms with Crippen molar-refractivity contribution in [2.75, 3.05) is 5.73 Å². The summed E-state index contributed by atoms with van der Waals surface area (Å²) in [5.41, 5.74) is 13.5. The first-order valence-electron chi connectivity index (χ1n) is 9.84. The summed E-state index contributed by atoms with van der Waals surface area (Å²) in [4.78, 5) is 42.6. The average Bonchev–Trinajstić information content (AvgIpc) is 3.17. The summed E-state index contributed by atoms with van der Waals surface area (Å²) in [5, 5.41) is 33.1. The van der Waals surface area contributed by atoms with Gasteiger partial charge in [0, 0.05) is 17.2 Å². The van der Waals surface area contributed by atoms with Gasteiger partial charge >= 0.3 is 0 Å². The zero-order chi connectivity index (χ0) is 23.3. The van der Waals surface area contributed by atoms with E-state index in [2.05, 4.69) is 4.98 Å². The third-order valence-electron chi connectivity index (χ3n) is 7.02. The molecule has 1 aromatic carbocycles. The number of rotatable bonds is 1. The van der Waals surface area contributed by atoms with Gasteiger partial charge in [-0.1, -0.05) is 0 Å². The van der Waals surface area contributed by atoms with Crippen LogP contribution in [0.1, 0.15) is 24.5 Å². The van der Waals surface area contributed by atoms with E-state index in [1.54, 1.807) is 6.07 Å². The molecule has 11 heteroatoms. The largest absolute Gasteiger partial charge is 0.509 e. The molecule has 0 spiro atoms. The molecule has 9 N–H and O–H groups in total. The molecular weight excluding hydrogens is 420 g/mol. The van der Waals surface area contributed by atoms with Crippen LogP contribution in [-0.4, -0.2) is 48.9 Å². The van der Waals surface area contributed by atoms with Gasteiger partial charge in [0.05, 0.1) is 11.1 Å². The Kier molecular flexibility index (Phi) is 3.76. The van der Waals surface area contributed by atoms with E-state index < -0.39 is 57.5 Å². The van der Waals surface area contributed by atoms with Gasteiger partial charge in [-0.25, -0.2) is 4.98 Å². The Hall–Kier alpha value is -3.70.